The maximum absolute atomic E-state index is 12.9. The van der Waals surface area contributed by atoms with Gasteiger partial charge in [-0.05, 0) is 62.1 Å². The molecule has 3 rings (SSSR count). The summed E-state index contributed by atoms with van der Waals surface area (Å²) < 4.78 is 11.6. The first-order valence-corrected chi connectivity index (χ1v) is 12.0. The zero-order valence-corrected chi connectivity index (χ0v) is 21.1. The lowest BCUT2D eigenvalue weighted by Gasteiger charge is -2.18. The Morgan fingerprint density at radius 2 is 1.94 bits per heavy atom. The summed E-state index contributed by atoms with van der Waals surface area (Å²) in [4.78, 5) is 38.7. The van der Waals surface area contributed by atoms with Crippen LogP contribution in [0.2, 0.25) is 5.02 Å². The summed E-state index contributed by atoms with van der Waals surface area (Å²) in [7, 11) is 0. The van der Waals surface area contributed by atoms with E-state index in [1.807, 2.05) is 45.9 Å². The fourth-order valence-electron chi connectivity index (χ4n) is 3.50. The molecule has 0 aromatic heterocycles. The van der Waals surface area contributed by atoms with Gasteiger partial charge in [-0.2, -0.15) is 0 Å². The zero-order valence-electron chi connectivity index (χ0n) is 20.3. The molecule has 4 amide bonds. The second-order valence-corrected chi connectivity index (χ2v) is 8.45. The lowest BCUT2D eigenvalue weighted by atomic mass is 10.1. The predicted octanol–water partition coefficient (Wildman–Crippen LogP) is 5.01. The van der Waals surface area contributed by atoms with Crippen molar-refractivity contribution in [1.29, 1.82) is 0 Å². The van der Waals surface area contributed by atoms with E-state index in [4.69, 9.17) is 21.1 Å². The molecule has 1 aliphatic heterocycles. The van der Waals surface area contributed by atoms with Crippen LogP contribution in [0.4, 0.5) is 10.5 Å². The molecular weight excluding hydrogens is 470 g/mol. The Hall–Kier alpha value is -3.52. The number of anilines is 1. The van der Waals surface area contributed by atoms with Crippen molar-refractivity contribution in [1.82, 2.24) is 10.2 Å². The van der Waals surface area contributed by atoms with Crippen LogP contribution in [0.15, 0.2) is 42.1 Å². The molecule has 0 bridgehead atoms. The molecule has 0 radical (unpaired) electrons. The molecule has 1 heterocycles. The molecule has 0 saturated carbocycles. The highest BCUT2D eigenvalue weighted by atomic mass is 35.5. The molecule has 0 unspecified atom stereocenters. The summed E-state index contributed by atoms with van der Waals surface area (Å²) in [6, 6.07) is 10.0. The van der Waals surface area contributed by atoms with E-state index in [0.29, 0.717) is 34.4 Å². The molecule has 0 spiro atoms. The Kier molecular flexibility index (Phi) is 8.76. The van der Waals surface area contributed by atoms with E-state index in [0.717, 1.165) is 23.3 Å². The number of hydrogen-bond donors (Lipinski definition) is 2. The molecule has 2 N–H and O–H groups in total. The fraction of sp³-hybridized carbons (Fsp3) is 0.346. The number of amides is 4. The summed E-state index contributed by atoms with van der Waals surface area (Å²) in [5.74, 6) is -0.209. The van der Waals surface area contributed by atoms with Crippen molar-refractivity contribution in [2.75, 3.05) is 18.5 Å². The second-order valence-electron chi connectivity index (χ2n) is 8.04. The van der Waals surface area contributed by atoms with Gasteiger partial charge < -0.3 is 20.1 Å². The van der Waals surface area contributed by atoms with Gasteiger partial charge in [0.2, 0.25) is 5.91 Å². The monoisotopic (exact) mass is 499 g/mol. The number of halogens is 1. The summed E-state index contributed by atoms with van der Waals surface area (Å²) in [5, 5.41) is 5.62. The molecule has 1 saturated heterocycles. The number of para-hydroxylation sites is 1. The van der Waals surface area contributed by atoms with Crippen LogP contribution >= 0.6 is 11.6 Å². The minimum absolute atomic E-state index is 0.0332. The van der Waals surface area contributed by atoms with E-state index in [1.165, 1.54) is 6.08 Å². The van der Waals surface area contributed by atoms with E-state index in [1.54, 1.807) is 18.2 Å². The maximum Gasteiger partial charge on any atom is 0.329 e. The number of rotatable bonds is 10. The van der Waals surface area contributed by atoms with Gasteiger partial charge in [-0.3, -0.25) is 9.59 Å². The van der Waals surface area contributed by atoms with Crippen molar-refractivity contribution >= 4 is 41.2 Å². The normalized spacial score (nSPS) is 15.2. The molecule has 35 heavy (non-hydrogen) atoms. The Bertz CT molecular complexity index is 1150. The van der Waals surface area contributed by atoms with Gasteiger partial charge in [-0.25, -0.2) is 9.69 Å². The Morgan fingerprint density at radius 3 is 2.63 bits per heavy atom. The molecule has 8 nitrogen and oxygen atoms in total. The highest BCUT2D eigenvalue weighted by Crippen LogP contribution is 2.38. The van der Waals surface area contributed by atoms with Crippen LogP contribution in [0.3, 0.4) is 0 Å². The van der Waals surface area contributed by atoms with Crippen molar-refractivity contribution < 1.29 is 23.9 Å². The van der Waals surface area contributed by atoms with E-state index in [9.17, 15) is 14.4 Å². The van der Waals surface area contributed by atoms with Gasteiger partial charge in [-0.1, -0.05) is 43.6 Å². The highest BCUT2D eigenvalue weighted by Gasteiger charge is 2.35. The van der Waals surface area contributed by atoms with Crippen molar-refractivity contribution in [3.8, 4) is 11.5 Å². The number of nitrogens with one attached hydrogen (secondary N) is 2. The first kappa shape index (κ1) is 26.1. The van der Waals surface area contributed by atoms with Crippen LogP contribution in [0.5, 0.6) is 11.5 Å². The van der Waals surface area contributed by atoms with Gasteiger partial charge in [0.05, 0.1) is 17.7 Å². The van der Waals surface area contributed by atoms with Crippen molar-refractivity contribution in [2.45, 2.75) is 46.6 Å². The fourth-order valence-corrected chi connectivity index (χ4v) is 3.76. The first-order valence-electron chi connectivity index (χ1n) is 11.6. The minimum atomic E-state index is -0.673. The largest absolute Gasteiger partial charge is 0.490 e. The summed E-state index contributed by atoms with van der Waals surface area (Å²) in [6.07, 6.45) is 2.96. The van der Waals surface area contributed by atoms with Crippen molar-refractivity contribution in [3.05, 3.63) is 58.2 Å². The van der Waals surface area contributed by atoms with Crippen LogP contribution < -0.4 is 20.1 Å². The number of urea groups is 1. The van der Waals surface area contributed by atoms with Gasteiger partial charge in [-0.15, -0.1) is 0 Å². The third kappa shape index (κ3) is 6.33. The standard InChI is InChI=1S/C26H30ClN3O5/c1-5-16(4)35-24-19(27)12-17(14-22(24)34-7-3)13-21-25(32)30(26(33)29-21)15-23(31)28-20-11-9-8-10-18(20)6-2/h8-14,16H,5-7,15H2,1-4H3,(H,28,31)(H,29,33)/b21-13+/t16-/m0/s1. The van der Waals surface area contributed by atoms with E-state index in [-0.39, 0.29) is 11.8 Å². The number of hydrogen-bond acceptors (Lipinski definition) is 5. The molecule has 2 aromatic rings. The van der Waals surface area contributed by atoms with Crippen molar-refractivity contribution in [3.63, 3.8) is 0 Å². The van der Waals surface area contributed by atoms with Crippen LogP contribution in [0.25, 0.3) is 6.08 Å². The second kappa shape index (κ2) is 11.8. The molecule has 1 aliphatic rings. The van der Waals surface area contributed by atoms with Crippen LogP contribution in [0, 0.1) is 0 Å². The number of aryl methyl sites for hydroxylation is 1. The van der Waals surface area contributed by atoms with E-state index < -0.39 is 24.4 Å². The highest BCUT2D eigenvalue weighted by molar-refractivity contribution is 6.32. The van der Waals surface area contributed by atoms with Crippen molar-refractivity contribution in [2.24, 2.45) is 0 Å². The Balaban J connectivity index is 1.78. The third-order valence-corrected chi connectivity index (χ3v) is 5.75. The number of benzene rings is 2. The van der Waals surface area contributed by atoms with Gasteiger partial charge in [0.1, 0.15) is 12.2 Å². The average molecular weight is 500 g/mol. The Morgan fingerprint density at radius 1 is 1.20 bits per heavy atom. The van der Waals surface area contributed by atoms with E-state index >= 15 is 0 Å². The van der Waals surface area contributed by atoms with Crippen LogP contribution in [-0.2, 0) is 16.0 Å². The predicted molar refractivity (Wildman–Crippen MR) is 136 cm³/mol. The van der Waals surface area contributed by atoms with Gasteiger partial charge in [0, 0.05) is 5.69 Å². The van der Waals surface area contributed by atoms with Gasteiger partial charge >= 0.3 is 6.03 Å². The van der Waals surface area contributed by atoms with Gasteiger partial charge in [0.25, 0.3) is 5.91 Å². The molecular formula is C26H30ClN3O5. The number of carbonyl (C=O) groups excluding carboxylic acids is 3. The molecule has 1 fully saturated rings. The van der Waals surface area contributed by atoms with Crippen LogP contribution in [0.1, 0.15) is 45.2 Å². The third-order valence-electron chi connectivity index (χ3n) is 5.47. The summed E-state index contributed by atoms with van der Waals surface area (Å²) in [5.41, 5.74) is 2.19. The SMILES string of the molecule is CCOc1cc(/C=C2/NC(=O)N(CC(=O)Nc3ccccc3CC)C2=O)cc(Cl)c1O[C@@H](C)CC. The zero-order chi connectivity index (χ0) is 25.5. The smallest absolute Gasteiger partial charge is 0.329 e. The minimum Gasteiger partial charge on any atom is -0.490 e. The number of carbonyl (C=O) groups is 3. The number of ether oxygens (including phenoxy) is 2. The lowest BCUT2D eigenvalue weighted by Crippen LogP contribution is -2.38. The lowest BCUT2D eigenvalue weighted by molar-refractivity contribution is -0.127. The maximum atomic E-state index is 12.9. The van der Waals surface area contributed by atoms with Gasteiger partial charge in [0.15, 0.2) is 11.5 Å². The molecule has 1 atom stereocenters. The molecule has 0 aliphatic carbocycles. The summed E-state index contributed by atoms with van der Waals surface area (Å²) in [6.45, 7) is 7.74. The van der Waals surface area contributed by atoms with Crippen LogP contribution in [-0.4, -0.2) is 42.0 Å². The number of nitrogens with zero attached hydrogens (tertiary/aromatic N) is 1. The summed E-state index contributed by atoms with van der Waals surface area (Å²) >= 11 is 6.45. The molecule has 186 valence electrons. The quantitative estimate of drug-likeness (QED) is 0.354. The molecule has 2 aromatic carbocycles. The Labute approximate surface area is 210 Å². The average Bonchev–Trinajstić information content (AvgIpc) is 3.08. The topological polar surface area (TPSA) is 97.0 Å². The van der Waals surface area contributed by atoms with E-state index in [2.05, 4.69) is 10.6 Å². The number of imide groups is 1. The first-order chi connectivity index (χ1) is 16.8. The molecule has 9 heteroatoms.